The number of imidazole rings is 1. The van der Waals surface area contributed by atoms with Gasteiger partial charge in [0.15, 0.2) is 5.65 Å². The second-order valence-electron chi connectivity index (χ2n) is 6.96. The van der Waals surface area contributed by atoms with Gasteiger partial charge in [0.2, 0.25) is 11.9 Å². The lowest BCUT2D eigenvalue weighted by Gasteiger charge is -2.14. The van der Waals surface area contributed by atoms with Gasteiger partial charge in [0, 0.05) is 12.3 Å². The van der Waals surface area contributed by atoms with Gasteiger partial charge < -0.3 is 14.9 Å². The number of rotatable bonds is 5. The van der Waals surface area contributed by atoms with Crippen molar-refractivity contribution in [3.63, 3.8) is 0 Å². The molecule has 0 radical (unpaired) electrons. The molecule has 4 heterocycles. The number of carbonyl (C=O) groups is 1. The fourth-order valence-corrected chi connectivity index (χ4v) is 3.79. The molecule has 3 aromatic heterocycles. The molecule has 1 fully saturated rings. The van der Waals surface area contributed by atoms with E-state index >= 15 is 0 Å². The fraction of sp³-hybridized carbons (Fsp3) is 0.444. The SMILES string of the molecule is CC(C)C(=O)Nc1nc(-c2cccs2)c2ncn([C@H]3C[C@H](O)[C@@H](CO)O3)c2n1. The quantitative estimate of drug-likeness (QED) is 0.593. The van der Waals surface area contributed by atoms with Crippen molar-refractivity contribution in [2.45, 2.75) is 38.7 Å². The Morgan fingerprint density at radius 2 is 2.29 bits per heavy atom. The van der Waals surface area contributed by atoms with Gasteiger partial charge in [-0.1, -0.05) is 19.9 Å². The summed E-state index contributed by atoms with van der Waals surface area (Å²) in [7, 11) is 0. The summed E-state index contributed by atoms with van der Waals surface area (Å²) in [5, 5.41) is 24.1. The number of carbonyl (C=O) groups excluding carboxylic acids is 1. The summed E-state index contributed by atoms with van der Waals surface area (Å²) in [5.41, 5.74) is 1.69. The molecule has 3 aromatic rings. The molecule has 0 spiro atoms. The minimum absolute atomic E-state index is 0.185. The Balaban J connectivity index is 1.80. The molecule has 0 unspecified atom stereocenters. The number of aliphatic hydroxyl groups is 2. The zero-order valence-electron chi connectivity index (χ0n) is 15.4. The van der Waals surface area contributed by atoms with E-state index < -0.39 is 18.4 Å². The van der Waals surface area contributed by atoms with Crippen molar-refractivity contribution < 1.29 is 19.7 Å². The average molecular weight is 403 g/mol. The lowest BCUT2D eigenvalue weighted by Crippen LogP contribution is -2.24. The number of hydrogen-bond acceptors (Lipinski definition) is 8. The Morgan fingerprint density at radius 3 is 2.93 bits per heavy atom. The molecule has 10 heteroatoms. The van der Waals surface area contributed by atoms with Crippen LogP contribution in [0.15, 0.2) is 23.8 Å². The van der Waals surface area contributed by atoms with E-state index in [0.717, 1.165) is 4.88 Å². The van der Waals surface area contributed by atoms with Crippen LogP contribution in [0.2, 0.25) is 0 Å². The van der Waals surface area contributed by atoms with Crippen LogP contribution in [0.5, 0.6) is 0 Å². The number of thiophene rings is 1. The first-order chi connectivity index (χ1) is 13.5. The van der Waals surface area contributed by atoms with Crippen molar-refractivity contribution in [2.75, 3.05) is 11.9 Å². The Labute approximate surface area is 165 Å². The maximum absolute atomic E-state index is 12.2. The smallest absolute Gasteiger partial charge is 0.232 e. The largest absolute Gasteiger partial charge is 0.394 e. The molecule has 1 amide bonds. The fourth-order valence-electron chi connectivity index (χ4n) is 3.07. The molecule has 0 bridgehead atoms. The van der Waals surface area contributed by atoms with Crippen LogP contribution in [0.25, 0.3) is 21.7 Å². The third-order valence-corrected chi connectivity index (χ3v) is 5.51. The molecule has 3 N–H and O–H groups in total. The number of nitrogens with zero attached hydrogens (tertiary/aromatic N) is 4. The summed E-state index contributed by atoms with van der Waals surface area (Å²) in [4.78, 5) is 26.5. The molecule has 1 aliphatic heterocycles. The summed E-state index contributed by atoms with van der Waals surface area (Å²) in [5.74, 6) is -0.211. The van der Waals surface area contributed by atoms with E-state index in [1.807, 2.05) is 17.5 Å². The van der Waals surface area contributed by atoms with Crippen molar-refractivity contribution in [1.82, 2.24) is 19.5 Å². The summed E-state index contributed by atoms with van der Waals surface area (Å²) in [6.07, 6.45) is -0.0473. The first-order valence-electron chi connectivity index (χ1n) is 9.01. The van der Waals surface area contributed by atoms with Gasteiger partial charge in [-0.25, -0.2) is 9.97 Å². The summed E-state index contributed by atoms with van der Waals surface area (Å²) >= 11 is 1.51. The third-order valence-electron chi connectivity index (χ3n) is 4.63. The van der Waals surface area contributed by atoms with Crippen LogP contribution >= 0.6 is 11.3 Å². The number of nitrogens with one attached hydrogen (secondary N) is 1. The van der Waals surface area contributed by atoms with Crippen LogP contribution in [0, 0.1) is 5.92 Å². The molecular formula is C18H21N5O4S. The van der Waals surface area contributed by atoms with E-state index in [4.69, 9.17) is 4.74 Å². The van der Waals surface area contributed by atoms with E-state index in [2.05, 4.69) is 20.3 Å². The monoisotopic (exact) mass is 403 g/mol. The van der Waals surface area contributed by atoms with Gasteiger partial charge in [-0.3, -0.25) is 14.7 Å². The zero-order valence-corrected chi connectivity index (χ0v) is 16.3. The molecule has 0 aliphatic carbocycles. The molecule has 28 heavy (non-hydrogen) atoms. The average Bonchev–Trinajstić information content (AvgIpc) is 3.40. The maximum atomic E-state index is 12.2. The topological polar surface area (TPSA) is 122 Å². The van der Waals surface area contributed by atoms with Crippen molar-refractivity contribution >= 4 is 34.4 Å². The normalized spacial score (nSPS) is 22.2. The van der Waals surface area contributed by atoms with Crippen LogP contribution in [-0.2, 0) is 9.53 Å². The number of aliphatic hydroxyl groups excluding tert-OH is 2. The number of hydrogen-bond donors (Lipinski definition) is 3. The number of ether oxygens (including phenoxy) is 1. The lowest BCUT2D eigenvalue weighted by molar-refractivity contribution is -0.118. The van der Waals surface area contributed by atoms with Gasteiger partial charge in [-0.05, 0) is 11.4 Å². The Bertz CT molecular complexity index is 987. The standard InChI is InChI=1S/C18H21N5O4S/c1-9(2)17(26)22-18-20-14(12-4-3-5-28-12)15-16(21-18)23(8-19-15)13-6-10(25)11(7-24)27-13/h3-5,8-11,13,24-25H,6-7H2,1-2H3,(H,20,21,22,26)/t10-,11+,13+/m0/s1. The van der Waals surface area contributed by atoms with Crippen LogP contribution in [-0.4, -0.2) is 54.5 Å². The Hall–Kier alpha value is -2.40. The van der Waals surface area contributed by atoms with Crippen LogP contribution in [0.4, 0.5) is 5.95 Å². The molecule has 0 saturated carbocycles. The van der Waals surface area contributed by atoms with Crippen molar-refractivity contribution in [2.24, 2.45) is 5.92 Å². The Morgan fingerprint density at radius 1 is 1.46 bits per heavy atom. The Kier molecular flexibility index (Phi) is 5.11. The summed E-state index contributed by atoms with van der Waals surface area (Å²) < 4.78 is 7.45. The molecule has 0 aromatic carbocycles. The van der Waals surface area contributed by atoms with E-state index in [-0.39, 0.29) is 24.4 Å². The molecule has 1 aliphatic rings. The number of anilines is 1. The molecule has 1 saturated heterocycles. The highest BCUT2D eigenvalue weighted by atomic mass is 32.1. The highest BCUT2D eigenvalue weighted by molar-refractivity contribution is 7.13. The van der Waals surface area contributed by atoms with Gasteiger partial charge in [-0.2, -0.15) is 4.98 Å². The molecule has 9 nitrogen and oxygen atoms in total. The van der Waals surface area contributed by atoms with Crippen molar-refractivity contribution in [3.05, 3.63) is 23.8 Å². The van der Waals surface area contributed by atoms with Gasteiger partial charge >= 0.3 is 0 Å². The highest BCUT2D eigenvalue weighted by Crippen LogP contribution is 2.34. The van der Waals surface area contributed by atoms with Crippen LogP contribution < -0.4 is 5.32 Å². The van der Waals surface area contributed by atoms with E-state index in [0.29, 0.717) is 23.3 Å². The van der Waals surface area contributed by atoms with Crippen molar-refractivity contribution in [1.29, 1.82) is 0 Å². The van der Waals surface area contributed by atoms with E-state index in [1.165, 1.54) is 11.3 Å². The second-order valence-corrected chi connectivity index (χ2v) is 7.90. The predicted molar refractivity (Wildman–Crippen MR) is 104 cm³/mol. The first kappa shape index (κ1) is 18.9. The van der Waals surface area contributed by atoms with E-state index in [1.54, 1.807) is 24.7 Å². The molecular weight excluding hydrogens is 382 g/mol. The van der Waals surface area contributed by atoms with Crippen LogP contribution in [0.3, 0.4) is 0 Å². The van der Waals surface area contributed by atoms with Gasteiger partial charge in [0.05, 0.1) is 23.9 Å². The highest BCUT2D eigenvalue weighted by Gasteiger charge is 2.35. The summed E-state index contributed by atoms with van der Waals surface area (Å²) in [6.45, 7) is 3.32. The molecule has 3 atom stereocenters. The zero-order chi connectivity index (χ0) is 19.8. The molecule has 148 valence electrons. The minimum Gasteiger partial charge on any atom is -0.394 e. The lowest BCUT2D eigenvalue weighted by atomic mass is 10.2. The van der Waals surface area contributed by atoms with Crippen molar-refractivity contribution in [3.8, 4) is 10.6 Å². The van der Waals surface area contributed by atoms with Gasteiger partial charge in [0.25, 0.3) is 0 Å². The van der Waals surface area contributed by atoms with Gasteiger partial charge in [-0.15, -0.1) is 11.3 Å². The second kappa shape index (κ2) is 7.55. The third kappa shape index (κ3) is 3.39. The van der Waals surface area contributed by atoms with Crippen LogP contribution in [0.1, 0.15) is 26.5 Å². The first-order valence-corrected chi connectivity index (χ1v) is 9.89. The number of fused-ring (bicyclic) bond motifs is 1. The maximum Gasteiger partial charge on any atom is 0.232 e. The number of amides is 1. The van der Waals surface area contributed by atoms with E-state index in [9.17, 15) is 15.0 Å². The molecule has 4 rings (SSSR count). The minimum atomic E-state index is -0.772. The summed E-state index contributed by atoms with van der Waals surface area (Å²) in [6, 6.07) is 3.84. The predicted octanol–water partition coefficient (Wildman–Crippen LogP) is 1.79. The van der Waals surface area contributed by atoms with Gasteiger partial charge in [0.1, 0.15) is 23.5 Å². The number of aromatic nitrogens is 4.